The molecule has 0 radical (unpaired) electrons. The summed E-state index contributed by atoms with van der Waals surface area (Å²) in [5.41, 5.74) is 3.39. The van der Waals surface area contributed by atoms with Crippen molar-refractivity contribution >= 4 is 22.8 Å². The monoisotopic (exact) mass is 435 g/mol. The summed E-state index contributed by atoms with van der Waals surface area (Å²) >= 11 is 0. The van der Waals surface area contributed by atoms with Crippen LogP contribution in [0.4, 0.5) is 0 Å². The van der Waals surface area contributed by atoms with Gasteiger partial charge in [0.25, 0.3) is 11.8 Å². The van der Waals surface area contributed by atoms with Gasteiger partial charge in [-0.3, -0.25) is 9.59 Å². The lowest BCUT2D eigenvalue weighted by Crippen LogP contribution is -2.31. The maximum Gasteiger partial charge on any atom is 0.255 e. The van der Waals surface area contributed by atoms with Crippen LogP contribution in [0.5, 0.6) is 5.75 Å². The van der Waals surface area contributed by atoms with Gasteiger partial charge in [-0.25, -0.2) is 4.98 Å². The number of carbonyl (C=O) groups is 2. The summed E-state index contributed by atoms with van der Waals surface area (Å²) in [5, 5.41) is 6.26. The normalized spacial score (nSPS) is 14.0. The molecule has 0 bridgehead atoms. The maximum atomic E-state index is 13.3. The van der Waals surface area contributed by atoms with Crippen molar-refractivity contribution in [1.29, 1.82) is 0 Å². The molecule has 0 saturated heterocycles. The molecule has 1 atom stereocenters. The van der Waals surface area contributed by atoms with Crippen LogP contribution in [0.2, 0.25) is 0 Å². The van der Waals surface area contributed by atoms with E-state index in [1.807, 2.05) is 44.3 Å². The zero-order valence-electron chi connectivity index (χ0n) is 18.7. The quantitative estimate of drug-likeness (QED) is 0.449. The molecule has 0 aliphatic carbocycles. The number of amides is 2. The molecule has 32 heavy (non-hydrogen) atoms. The molecular formula is C24H29N5O3. The Balaban J connectivity index is 1.64. The molecule has 168 valence electrons. The van der Waals surface area contributed by atoms with Gasteiger partial charge < -0.3 is 25.3 Å². The van der Waals surface area contributed by atoms with Crippen molar-refractivity contribution in [3.63, 3.8) is 0 Å². The number of ether oxygens (including phenoxy) is 1. The minimum atomic E-state index is -0.331. The van der Waals surface area contributed by atoms with Gasteiger partial charge in [0.15, 0.2) is 0 Å². The van der Waals surface area contributed by atoms with E-state index in [0.717, 1.165) is 29.6 Å². The third-order valence-corrected chi connectivity index (χ3v) is 5.91. The summed E-state index contributed by atoms with van der Waals surface area (Å²) in [4.78, 5) is 36.0. The number of fused-ring (bicyclic) bond motifs is 2. The summed E-state index contributed by atoms with van der Waals surface area (Å²) in [6.07, 6.45) is 1.55. The lowest BCUT2D eigenvalue weighted by molar-refractivity contribution is 0.0780. The van der Waals surface area contributed by atoms with Gasteiger partial charge in [-0.1, -0.05) is 18.2 Å². The molecule has 0 fully saturated rings. The van der Waals surface area contributed by atoms with Crippen molar-refractivity contribution in [2.75, 3.05) is 27.2 Å². The fourth-order valence-corrected chi connectivity index (χ4v) is 4.22. The number of H-pyrrole nitrogens is 1. The van der Waals surface area contributed by atoms with Crippen molar-refractivity contribution in [3.8, 4) is 5.75 Å². The molecule has 8 heteroatoms. The van der Waals surface area contributed by atoms with E-state index in [1.54, 1.807) is 18.1 Å². The molecular weight excluding hydrogens is 406 g/mol. The number of benzene rings is 2. The molecule has 4 rings (SSSR count). The van der Waals surface area contributed by atoms with Crippen LogP contribution in [0.15, 0.2) is 36.4 Å². The Labute approximate surface area is 187 Å². The van der Waals surface area contributed by atoms with Gasteiger partial charge in [0.05, 0.1) is 29.8 Å². The van der Waals surface area contributed by atoms with E-state index in [9.17, 15) is 9.59 Å². The predicted molar refractivity (Wildman–Crippen MR) is 123 cm³/mol. The van der Waals surface area contributed by atoms with Crippen LogP contribution in [0.1, 0.15) is 57.9 Å². The minimum Gasteiger partial charge on any atom is -0.494 e. The van der Waals surface area contributed by atoms with Gasteiger partial charge >= 0.3 is 0 Å². The molecule has 1 aromatic heterocycles. The number of aromatic nitrogens is 2. The highest BCUT2D eigenvalue weighted by molar-refractivity contribution is 6.09. The number of hydrogen-bond donors (Lipinski definition) is 3. The van der Waals surface area contributed by atoms with E-state index in [2.05, 4.69) is 15.6 Å². The largest absolute Gasteiger partial charge is 0.494 e. The first-order valence-corrected chi connectivity index (χ1v) is 11.0. The van der Waals surface area contributed by atoms with Crippen LogP contribution in [0.3, 0.4) is 0 Å². The van der Waals surface area contributed by atoms with Crippen molar-refractivity contribution in [2.24, 2.45) is 0 Å². The minimum absolute atomic E-state index is 0.0894. The van der Waals surface area contributed by atoms with Crippen molar-refractivity contribution in [3.05, 3.63) is 58.9 Å². The standard InChI is InChI=1S/C24H29N5O3/c1-4-29-14-15-8-5-9-16(20(15)24(29)31)23(30)27-18(11-7-13-25-2)22-26-17-10-6-12-19(32-3)21(17)28-22/h5-6,8-10,12,18,25H,4,7,11,13-14H2,1-3H3,(H,26,28)(H,27,30). The first-order chi connectivity index (χ1) is 15.6. The van der Waals surface area contributed by atoms with Gasteiger partial charge in [0, 0.05) is 13.1 Å². The van der Waals surface area contributed by atoms with Crippen molar-refractivity contribution < 1.29 is 14.3 Å². The fraction of sp³-hybridized carbons (Fsp3) is 0.375. The highest BCUT2D eigenvalue weighted by atomic mass is 16.5. The fourth-order valence-electron chi connectivity index (χ4n) is 4.22. The van der Waals surface area contributed by atoms with Crippen LogP contribution < -0.4 is 15.4 Å². The average molecular weight is 436 g/mol. The Morgan fingerprint density at radius 1 is 1.28 bits per heavy atom. The molecule has 2 heterocycles. The van der Waals surface area contributed by atoms with E-state index in [4.69, 9.17) is 9.72 Å². The predicted octanol–water partition coefficient (Wildman–Crippen LogP) is 3.02. The second kappa shape index (κ2) is 9.40. The summed E-state index contributed by atoms with van der Waals surface area (Å²) in [6.45, 7) is 3.92. The van der Waals surface area contributed by atoms with Gasteiger partial charge in [-0.15, -0.1) is 0 Å². The van der Waals surface area contributed by atoms with Crippen molar-refractivity contribution in [2.45, 2.75) is 32.4 Å². The molecule has 0 saturated carbocycles. The molecule has 8 nitrogen and oxygen atoms in total. The van der Waals surface area contributed by atoms with Crippen LogP contribution in [0.25, 0.3) is 11.0 Å². The average Bonchev–Trinajstić information content (AvgIpc) is 3.39. The third-order valence-electron chi connectivity index (χ3n) is 5.91. The molecule has 2 aromatic carbocycles. The maximum absolute atomic E-state index is 13.3. The zero-order valence-corrected chi connectivity index (χ0v) is 18.7. The number of methoxy groups -OCH3 is 1. The number of aromatic amines is 1. The Kier molecular flexibility index (Phi) is 6.41. The number of rotatable bonds is 9. The summed E-state index contributed by atoms with van der Waals surface area (Å²) < 4.78 is 5.43. The molecule has 1 unspecified atom stereocenters. The second-order valence-corrected chi connectivity index (χ2v) is 7.91. The van der Waals surface area contributed by atoms with Crippen molar-refractivity contribution in [1.82, 2.24) is 25.5 Å². The topological polar surface area (TPSA) is 99.3 Å². The van der Waals surface area contributed by atoms with Gasteiger partial charge in [-0.05, 0) is 57.1 Å². The zero-order chi connectivity index (χ0) is 22.7. The highest BCUT2D eigenvalue weighted by Gasteiger charge is 2.31. The van der Waals surface area contributed by atoms with Gasteiger partial charge in [0.1, 0.15) is 17.1 Å². The van der Waals surface area contributed by atoms with E-state index in [0.29, 0.717) is 42.2 Å². The molecule has 0 spiro atoms. The smallest absolute Gasteiger partial charge is 0.255 e. The SMILES string of the molecule is CCN1Cc2cccc(C(=O)NC(CCCNC)c3nc4c(OC)cccc4[nH]3)c2C1=O. The molecule has 3 N–H and O–H groups in total. The van der Waals surface area contributed by atoms with E-state index in [1.165, 1.54) is 0 Å². The first kappa shape index (κ1) is 21.8. The summed E-state index contributed by atoms with van der Waals surface area (Å²) in [6, 6.07) is 10.8. The van der Waals surface area contributed by atoms with Crippen LogP contribution in [0, 0.1) is 0 Å². The first-order valence-electron chi connectivity index (χ1n) is 11.0. The molecule has 1 aliphatic heterocycles. The highest BCUT2D eigenvalue weighted by Crippen LogP contribution is 2.29. The van der Waals surface area contributed by atoms with Gasteiger partial charge in [0.2, 0.25) is 0 Å². The third kappa shape index (κ3) is 4.05. The van der Waals surface area contributed by atoms with Gasteiger partial charge in [-0.2, -0.15) is 0 Å². The number of imidazole rings is 1. The lowest BCUT2D eigenvalue weighted by Gasteiger charge is -2.18. The molecule has 3 aromatic rings. The molecule has 1 aliphatic rings. The van der Waals surface area contributed by atoms with Crippen LogP contribution >= 0.6 is 0 Å². The van der Waals surface area contributed by atoms with E-state index in [-0.39, 0.29) is 17.9 Å². The Morgan fingerprint density at radius 2 is 2.09 bits per heavy atom. The number of para-hydroxylation sites is 1. The Bertz CT molecular complexity index is 1140. The summed E-state index contributed by atoms with van der Waals surface area (Å²) in [7, 11) is 3.51. The summed E-state index contributed by atoms with van der Waals surface area (Å²) in [5.74, 6) is 0.989. The number of nitrogens with zero attached hydrogens (tertiary/aromatic N) is 2. The Hall–Kier alpha value is -3.39. The second-order valence-electron chi connectivity index (χ2n) is 7.91. The number of carbonyl (C=O) groups excluding carboxylic acids is 2. The lowest BCUT2D eigenvalue weighted by atomic mass is 10.0. The van der Waals surface area contributed by atoms with Crippen LogP contribution in [-0.2, 0) is 6.54 Å². The van der Waals surface area contributed by atoms with E-state index >= 15 is 0 Å². The van der Waals surface area contributed by atoms with Crippen LogP contribution in [-0.4, -0.2) is 53.9 Å². The number of nitrogens with one attached hydrogen (secondary N) is 3. The number of hydrogen-bond acceptors (Lipinski definition) is 5. The Morgan fingerprint density at radius 3 is 2.84 bits per heavy atom. The van der Waals surface area contributed by atoms with E-state index < -0.39 is 0 Å². The molecule has 2 amide bonds.